The van der Waals surface area contributed by atoms with Gasteiger partial charge in [0.15, 0.2) is 0 Å². The summed E-state index contributed by atoms with van der Waals surface area (Å²) in [5.74, 6) is -0.216. The Kier molecular flexibility index (Phi) is 4.54. The van der Waals surface area contributed by atoms with Gasteiger partial charge in [0.2, 0.25) is 0 Å². The maximum Gasteiger partial charge on any atom is 0.313 e. The van der Waals surface area contributed by atoms with E-state index in [4.69, 9.17) is 9.47 Å². The lowest BCUT2D eigenvalue weighted by Crippen LogP contribution is -2.39. The third kappa shape index (κ3) is 3.80. The van der Waals surface area contributed by atoms with Gasteiger partial charge in [-0.2, -0.15) is 0 Å². The Hall–Kier alpha value is -0.610. The largest absolute Gasteiger partial charge is 0.469 e. The van der Waals surface area contributed by atoms with Crippen molar-refractivity contribution >= 4 is 5.97 Å². The van der Waals surface area contributed by atoms with Gasteiger partial charge in [-0.3, -0.25) is 4.79 Å². The molecule has 0 spiro atoms. The van der Waals surface area contributed by atoms with Crippen LogP contribution in [0.3, 0.4) is 0 Å². The van der Waals surface area contributed by atoms with Crippen molar-refractivity contribution in [3.8, 4) is 0 Å². The molecule has 4 heteroatoms. The lowest BCUT2D eigenvalue weighted by molar-refractivity contribution is -0.155. The van der Waals surface area contributed by atoms with Crippen molar-refractivity contribution in [1.29, 1.82) is 0 Å². The molecule has 1 heterocycles. The van der Waals surface area contributed by atoms with Gasteiger partial charge in [0.05, 0.1) is 25.2 Å². The van der Waals surface area contributed by atoms with Crippen molar-refractivity contribution in [3.05, 3.63) is 0 Å². The Morgan fingerprint density at radius 2 is 2.27 bits per heavy atom. The maximum atomic E-state index is 11.4. The van der Waals surface area contributed by atoms with Crippen molar-refractivity contribution in [1.82, 2.24) is 5.32 Å². The summed E-state index contributed by atoms with van der Waals surface area (Å²) in [5.41, 5.74) is -0.549. The van der Waals surface area contributed by atoms with Gasteiger partial charge < -0.3 is 14.8 Å². The number of hydrogen-bond donors (Lipinski definition) is 1. The summed E-state index contributed by atoms with van der Waals surface area (Å²) in [6, 6.07) is 0. The molecule has 0 aromatic carbocycles. The van der Waals surface area contributed by atoms with Gasteiger partial charge >= 0.3 is 5.97 Å². The van der Waals surface area contributed by atoms with E-state index in [1.54, 1.807) is 0 Å². The number of carbonyl (C=O) groups excluding carboxylic acids is 1. The van der Waals surface area contributed by atoms with Crippen LogP contribution in [0, 0.1) is 5.41 Å². The molecule has 0 bridgehead atoms. The molecule has 1 aliphatic rings. The van der Waals surface area contributed by atoms with Gasteiger partial charge in [-0.25, -0.2) is 0 Å². The number of rotatable bonds is 4. The van der Waals surface area contributed by atoms with Crippen LogP contribution in [0.2, 0.25) is 0 Å². The van der Waals surface area contributed by atoms with Crippen molar-refractivity contribution in [3.63, 3.8) is 0 Å². The normalized spacial score (nSPS) is 22.5. The third-order valence-corrected chi connectivity index (χ3v) is 2.67. The maximum absolute atomic E-state index is 11.4. The molecule has 0 radical (unpaired) electrons. The Bertz CT molecular complexity index is 210. The molecule has 4 nitrogen and oxygen atoms in total. The summed E-state index contributed by atoms with van der Waals surface area (Å²) in [4.78, 5) is 11.4. The van der Waals surface area contributed by atoms with Crippen LogP contribution < -0.4 is 5.32 Å². The molecule has 0 aromatic heterocycles. The highest BCUT2D eigenvalue weighted by Crippen LogP contribution is 2.19. The molecule has 1 fully saturated rings. The molecule has 0 amide bonds. The Labute approximate surface area is 91.3 Å². The first kappa shape index (κ1) is 12.5. The van der Waals surface area contributed by atoms with E-state index in [-0.39, 0.29) is 12.1 Å². The summed E-state index contributed by atoms with van der Waals surface area (Å²) in [6.07, 6.45) is 2.45. The number of carbonyl (C=O) groups is 1. The molecule has 1 saturated heterocycles. The van der Waals surface area contributed by atoms with E-state index in [0.717, 1.165) is 25.9 Å². The molecule has 1 atom stereocenters. The number of nitrogens with one attached hydrogen (secondary N) is 1. The average molecular weight is 215 g/mol. The summed E-state index contributed by atoms with van der Waals surface area (Å²) in [6.45, 7) is 6.06. The fourth-order valence-electron chi connectivity index (χ4n) is 1.62. The molecule has 0 unspecified atom stereocenters. The number of methoxy groups -OCH3 is 1. The van der Waals surface area contributed by atoms with Gasteiger partial charge in [0.1, 0.15) is 0 Å². The Morgan fingerprint density at radius 3 is 2.80 bits per heavy atom. The topological polar surface area (TPSA) is 47.6 Å². The minimum absolute atomic E-state index is 0.216. The number of piperidine rings is 1. The van der Waals surface area contributed by atoms with E-state index >= 15 is 0 Å². The standard InChI is InChI=1S/C11H21NO3/c1-11(2,10(13)14-3)8-15-9-5-4-6-12-7-9/h9,12H,4-8H2,1-3H3/t9-/m0/s1. The van der Waals surface area contributed by atoms with Crippen LogP contribution in [0.25, 0.3) is 0 Å². The smallest absolute Gasteiger partial charge is 0.313 e. The lowest BCUT2D eigenvalue weighted by Gasteiger charge is -2.27. The second-order valence-electron chi connectivity index (χ2n) is 4.65. The molecule has 1 rings (SSSR count). The summed E-state index contributed by atoms with van der Waals surface area (Å²) in [5, 5.41) is 3.27. The van der Waals surface area contributed by atoms with E-state index in [0.29, 0.717) is 6.61 Å². The van der Waals surface area contributed by atoms with Gasteiger partial charge in [-0.1, -0.05) is 0 Å². The predicted octanol–water partition coefficient (Wildman–Crippen LogP) is 0.954. The van der Waals surface area contributed by atoms with Crippen LogP contribution in [0.1, 0.15) is 26.7 Å². The molecule has 0 saturated carbocycles. The number of ether oxygens (including phenoxy) is 2. The van der Waals surface area contributed by atoms with E-state index in [1.165, 1.54) is 7.11 Å². The highest BCUT2D eigenvalue weighted by atomic mass is 16.5. The van der Waals surface area contributed by atoms with E-state index in [9.17, 15) is 4.79 Å². The zero-order valence-corrected chi connectivity index (χ0v) is 9.84. The van der Waals surface area contributed by atoms with Crippen molar-refractivity contribution in [2.75, 3.05) is 26.8 Å². The van der Waals surface area contributed by atoms with Crippen molar-refractivity contribution in [2.45, 2.75) is 32.8 Å². The molecule has 1 N–H and O–H groups in total. The van der Waals surface area contributed by atoms with Crippen LogP contribution in [0.15, 0.2) is 0 Å². The quantitative estimate of drug-likeness (QED) is 0.709. The van der Waals surface area contributed by atoms with E-state index in [2.05, 4.69) is 5.32 Å². The monoisotopic (exact) mass is 215 g/mol. The lowest BCUT2D eigenvalue weighted by atomic mass is 9.95. The molecule has 15 heavy (non-hydrogen) atoms. The Balaban J connectivity index is 2.31. The molecule has 88 valence electrons. The highest BCUT2D eigenvalue weighted by molar-refractivity contribution is 5.75. The molecular formula is C11H21NO3. The highest BCUT2D eigenvalue weighted by Gasteiger charge is 2.30. The summed E-state index contributed by atoms with van der Waals surface area (Å²) in [7, 11) is 1.41. The zero-order chi connectivity index (χ0) is 11.3. The second kappa shape index (κ2) is 5.47. The van der Waals surface area contributed by atoms with Gasteiger partial charge in [-0.05, 0) is 33.2 Å². The van der Waals surface area contributed by atoms with Crippen LogP contribution in [0.4, 0.5) is 0 Å². The number of hydrogen-bond acceptors (Lipinski definition) is 4. The average Bonchev–Trinajstić information content (AvgIpc) is 2.27. The third-order valence-electron chi connectivity index (χ3n) is 2.67. The first-order valence-electron chi connectivity index (χ1n) is 5.47. The summed E-state index contributed by atoms with van der Waals surface area (Å²) >= 11 is 0. The first-order chi connectivity index (χ1) is 7.06. The second-order valence-corrected chi connectivity index (χ2v) is 4.65. The van der Waals surface area contributed by atoms with Crippen LogP contribution >= 0.6 is 0 Å². The summed E-state index contributed by atoms with van der Waals surface area (Å²) < 4.78 is 10.4. The molecule has 0 aliphatic carbocycles. The van der Waals surface area contributed by atoms with Crippen molar-refractivity contribution in [2.24, 2.45) is 5.41 Å². The van der Waals surface area contributed by atoms with E-state index in [1.807, 2.05) is 13.8 Å². The Morgan fingerprint density at radius 1 is 1.53 bits per heavy atom. The molecule has 1 aliphatic heterocycles. The van der Waals surface area contributed by atoms with Crippen molar-refractivity contribution < 1.29 is 14.3 Å². The molecule has 0 aromatic rings. The fourth-order valence-corrected chi connectivity index (χ4v) is 1.62. The van der Waals surface area contributed by atoms with Crippen LogP contribution in [-0.2, 0) is 14.3 Å². The van der Waals surface area contributed by atoms with Crippen LogP contribution in [-0.4, -0.2) is 38.9 Å². The van der Waals surface area contributed by atoms with Gasteiger partial charge in [-0.15, -0.1) is 0 Å². The minimum atomic E-state index is -0.549. The zero-order valence-electron chi connectivity index (χ0n) is 9.84. The predicted molar refractivity (Wildman–Crippen MR) is 57.6 cm³/mol. The SMILES string of the molecule is COC(=O)C(C)(C)CO[C@H]1CCCNC1. The van der Waals surface area contributed by atoms with Gasteiger partial charge in [0, 0.05) is 6.54 Å². The fraction of sp³-hybridized carbons (Fsp3) is 0.909. The van der Waals surface area contributed by atoms with Crippen LogP contribution in [0.5, 0.6) is 0 Å². The number of esters is 1. The van der Waals surface area contributed by atoms with Gasteiger partial charge in [0.25, 0.3) is 0 Å². The molecular weight excluding hydrogens is 194 g/mol. The van der Waals surface area contributed by atoms with E-state index < -0.39 is 5.41 Å². The minimum Gasteiger partial charge on any atom is -0.469 e. The first-order valence-corrected chi connectivity index (χ1v) is 5.47.